The van der Waals surface area contributed by atoms with E-state index in [0.717, 1.165) is 5.56 Å². The van der Waals surface area contributed by atoms with Crippen molar-refractivity contribution < 1.29 is 33.7 Å². The maximum absolute atomic E-state index is 13.5. The lowest BCUT2D eigenvalue weighted by molar-refractivity contribution is -0.140. The van der Waals surface area contributed by atoms with Crippen LogP contribution < -0.4 is 9.47 Å². The summed E-state index contributed by atoms with van der Waals surface area (Å²) in [5.41, 5.74) is 2.69. The fraction of sp³-hybridized carbons (Fsp3) is 0.258. The van der Waals surface area contributed by atoms with Gasteiger partial charge < -0.3 is 24.2 Å². The monoisotopic (exact) mass is 563 g/mol. The highest BCUT2D eigenvalue weighted by atomic mass is 35.5. The number of Topliss-reactive ketones (excluding diaryl/α,β-unsaturated/α-hetero) is 1. The summed E-state index contributed by atoms with van der Waals surface area (Å²) < 4.78 is 15.9. The van der Waals surface area contributed by atoms with Gasteiger partial charge in [-0.15, -0.1) is 0 Å². The van der Waals surface area contributed by atoms with Crippen molar-refractivity contribution in [2.45, 2.75) is 39.5 Å². The number of likely N-dealkylation sites (tertiary alicyclic amines) is 1. The van der Waals surface area contributed by atoms with Gasteiger partial charge in [-0.3, -0.25) is 9.59 Å². The van der Waals surface area contributed by atoms with Crippen LogP contribution in [0.5, 0.6) is 11.5 Å². The van der Waals surface area contributed by atoms with E-state index in [9.17, 15) is 19.5 Å². The number of aliphatic hydroxyl groups is 1. The van der Waals surface area contributed by atoms with Gasteiger partial charge >= 0.3 is 5.97 Å². The summed E-state index contributed by atoms with van der Waals surface area (Å²) in [7, 11) is 2.86. The Balaban J connectivity index is 1.81. The predicted octanol–water partition coefficient (Wildman–Crippen LogP) is 5.85. The highest BCUT2D eigenvalue weighted by molar-refractivity contribution is 6.46. The van der Waals surface area contributed by atoms with Gasteiger partial charge in [0.15, 0.2) is 0 Å². The fourth-order valence-corrected chi connectivity index (χ4v) is 4.89. The minimum atomic E-state index is -0.893. The lowest BCUT2D eigenvalue weighted by Crippen LogP contribution is -2.29. The zero-order chi connectivity index (χ0) is 29.1. The van der Waals surface area contributed by atoms with Gasteiger partial charge in [0, 0.05) is 12.6 Å². The third-order valence-corrected chi connectivity index (χ3v) is 6.81. The molecule has 0 bridgehead atoms. The molecule has 1 aliphatic heterocycles. The Bertz CT molecular complexity index is 1490. The number of nitrogens with zero attached hydrogens (tertiary/aromatic N) is 1. The number of ether oxygens (including phenoxy) is 3. The summed E-state index contributed by atoms with van der Waals surface area (Å²) in [5, 5.41) is 11.7. The van der Waals surface area contributed by atoms with Crippen LogP contribution in [0.25, 0.3) is 5.76 Å². The molecule has 0 radical (unpaired) electrons. The molecule has 1 heterocycles. The first kappa shape index (κ1) is 28.7. The van der Waals surface area contributed by atoms with Crippen molar-refractivity contribution in [1.82, 2.24) is 4.90 Å². The summed E-state index contributed by atoms with van der Waals surface area (Å²) in [4.78, 5) is 40.6. The van der Waals surface area contributed by atoms with Crippen molar-refractivity contribution in [1.29, 1.82) is 0 Å². The number of aryl methyl sites for hydroxylation is 1. The maximum atomic E-state index is 13.5. The minimum absolute atomic E-state index is 0.0555. The molecule has 1 fully saturated rings. The van der Waals surface area contributed by atoms with Crippen molar-refractivity contribution in [3.63, 3.8) is 0 Å². The molecule has 40 heavy (non-hydrogen) atoms. The SMILES string of the molecule is COc1cc(OC)c(/C(O)=C2\C(=O)C(=O)N(Cc3ccc(C(=O)OC(C)C)cc3)C2c2cccc(C)c2)cc1Cl. The van der Waals surface area contributed by atoms with Crippen molar-refractivity contribution >= 4 is 35.0 Å². The molecule has 1 unspecified atom stereocenters. The molecule has 0 aliphatic carbocycles. The smallest absolute Gasteiger partial charge is 0.338 e. The Kier molecular flexibility index (Phi) is 8.49. The quantitative estimate of drug-likeness (QED) is 0.159. The molecule has 1 saturated heterocycles. The average molecular weight is 564 g/mol. The molecule has 1 atom stereocenters. The summed E-state index contributed by atoms with van der Waals surface area (Å²) in [6.45, 7) is 5.49. The van der Waals surface area contributed by atoms with Crippen molar-refractivity contribution in [3.8, 4) is 11.5 Å². The highest BCUT2D eigenvalue weighted by Gasteiger charge is 2.46. The van der Waals surface area contributed by atoms with E-state index in [4.69, 9.17) is 25.8 Å². The van der Waals surface area contributed by atoms with Crippen molar-refractivity contribution in [2.75, 3.05) is 14.2 Å². The van der Waals surface area contributed by atoms with Gasteiger partial charge in [-0.2, -0.15) is 0 Å². The van der Waals surface area contributed by atoms with E-state index in [1.54, 1.807) is 44.2 Å². The molecule has 1 aliphatic rings. The molecule has 8 nitrogen and oxygen atoms in total. The van der Waals surface area contributed by atoms with Gasteiger partial charge in [0.25, 0.3) is 11.7 Å². The molecule has 9 heteroatoms. The van der Waals surface area contributed by atoms with Crippen LogP contribution in [0.4, 0.5) is 0 Å². The molecule has 0 saturated carbocycles. The van der Waals surface area contributed by atoms with Crippen LogP contribution in [0.15, 0.2) is 66.2 Å². The zero-order valence-corrected chi connectivity index (χ0v) is 23.6. The zero-order valence-electron chi connectivity index (χ0n) is 22.9. The van der Waals surface area contributed by atoms with E-state index in [1.807, 2.05) is 25.1 Å². The Morgan fingerprint density at radius 3 is 2.27 bits per heavy atom. The number of esters is 1. The predicted molar refractivity (Wildman–Crippen MR) is 151 cm³/mol. The van der Waals surface area contributed by atoms with Crippen LogP contribution in [0.1, 0.15) is 52.5 Å². The van der Waals surface area contributed by atoms with E-state index in [1.165, 1.54) is 31.3 Å². The van der Waals surface area contributed by atoms with E-state index < -0.39 is 29.5 Å². The summed E-state index contributed by atoms with van der Waals surface area (Å²) in [6, 6.07) is 16.1. The van der Waals surface area contributed by atoms with E-state index >= 15 is 0 Å². The number of halogens is 1. The third kappa shape index (κ3) is 5.67. The highest BCUT2D eigenvalue weighted by Crippen LogP contribution is 2.43. The summed E-state index contributed by atoms with van der Waals surface area (Å²) >= 11 is 6.34. The second kappa shape index (κ2) is 11.8. The van der Waals surface area contributed by atoms with Crippen LogP contribution in [-0.4, -0.2) is 48.0 Å². The number of amides is 1. The number of carbonyl (C=O) groups is 3. The molecule has 3 aromatic rings. The van der Waals surface area contributed by atoms with Crippen molar-refractivity contribution in [3.05, 3.63) is 99.1 Å². The Morgan fingerprint density at radius 2 is 1.68 bits per heavy atom. The van der Waals surface area contributed by atoms with Crippen LogP contribution in [0.2, 0.25) is 5.02 Å². The molecule has 0 spiro atoms. The van der Waals surface area contributed by atoms with Gasteiger partial charge in [0.05, 0.1) is 48.1 Å². The van der Waals surface area contributed by atoms with Crippen LogP contribution in [0, 0.1) is 6.92 Å². The van der Waals surface area contributed by atoms with Gasteiger partial charge in [-0.25, -0.2) is 4.79 Å². The molecule has 1 N–H and O–H groups in total. The minimum Gasteiger partial charge on any atom is -0.507 e. The number of ketones is 1. The topological polar surface area (TPSA) is 102 Å². The molecule has 0 aromatic heterocycles. The van der Waals surface area contributed by atoms with E-state index in [0.29, 0.717) is 22.4 Å². The van der Waals surface area contributed by atoms with E-state index in [2.05, 4.69) is 0 Å². The number of rotatable bonds is 8. The Labute approximate surface area is 237 Å². The molecule has 208 valence electrons. The summed E-state index contributed by atoms with van der Waals surface area (Å²) in [5.74, 6) is -1.93. The maximum Gasteiger partial charge on any atom is 0.338 e. The molecule has 3 aromatic carbocycles. The standard InChI is InChI=1S/C31H30ClNO7/c1-17(2)40-31(37)20-11-9-19(10-12-20)16-33-27(21-8-6-7-18(3)13-21)26(29(35)30(33)36)28(34)22-14-23(32)25(39-5)15-24(22)38-4/h6-15,17,27,34H,16H2,1-5H3/b28-26+. The normalized spacial score (nSPS) is 16.4. The molecular formula is C31H30ClNO7. The third-order valence-electron chi connectivity index (χ3n) is 6.51. The van der Waals surface area contributed by atoms with Gasteiger partial charge in [0.2, 0.25) is 0 Å². The first-order chi connectivity index (χ1) is 19.0. The lowest BCUT2D eigenvalue weighted by atomic mass is 9.94. The van der Waals surface area contributed by atoms with Gasteiger partial charge in [0.1, 0.15) is 17.3 Å². The lowest BCUT2D eigenvalue weighted by Gasteiger charge is -2.26. The fourth-order valence-electron chi connectivity index (χ4n) is 4.65. The number of hydrogen-bond acceptors (Lipinski definition) is 7. The van der Waals surface area contributed by atoms with E-state index in [-0.39, 0.29) is 34.6 Å². The Hall–Kier alpha value is -4.30. The molecule has 1 amide bonds. The first-order valence-electron chi connectivity index (χ1n) is 12.6. The number of hydrogen-bond donors (Lipinski definition) is 1. The number of aliphatic hydroxyl groups excluding tert-OH is 1. The van der Waals surface area contributed by atoms with Crippen LogP contribution >= 0.6 is 11.6 Å². The number of carbonyl (C=O) groups excluding carboxylic acids is 3. The number of benzene rings is 3. The average Bonchev–Trinajstić information content (AvgIpc) is 3.17. The number of methoxy groups -OCH3 is 2. The second-order valence-corrected chi connectivity index (χ2v) is 10.1. The summed E-state index contributed by atoms with van der Waals surface area (Å²) in [6.07, 6.45) is -0.257. The largest absolute Gasteiger partial charge is 0.507 e. The van der Waals surface area contributed by atoms with Crippen LogP contribution in [0.3, 0.4) is 0 Å². The van der Waals surface area contributed by atoms with Crippen molar-refractivity contribution in [2.24, 2.45) is 0 Å². The Morgan fingerprint density at radius 1 is 1.00 bits per heavy atom. The second-order valence-electron chi connectivity index (χ2n) is 9.68. The van der Waals surface area contributed by atoms with Gasteiger partial charge in [-0.1, -0.05) is 53.6 Å². The van der Waals surface area contributed by atoms with Gasteiger partial charge in [-0.05, 0) is 50.1 Å². The first-order valence-corrected chi connectivity index (χ1v) is 13.0. The van der Waals surface area contributed by atoms with Crippen LogP contribution in [-0.2, 0) is 20.9 Å². The molecular weight excluding hydrogens is 534 g/mol. The molecule has 4 rings (SSSR count).